The lowest BCUT2D eigenvalue weighted by atomic mass is 10.1. The highest BCUT2D eigenvalue weighted by molar-refractivity contribution is 5.79. The fourth-order valence-corrected chi connectivity index (χ4v) is 3.76. The Kier molecular flexibility index (Phi) is 5.81. The molecule has 10 heteroatoms. The molecule has 1 N–H and O–H groups in total. The van der Waals surface area contributed by atoms with Crippen molar-refractivity contribution in [2.75, 3.05) is 12.4 Å². The third-order valence-corrected chi connectivity index (χ3v) is 5.41. The van der Waals surface area contributed by atoms with E-state index in [1.807, 2.05) is 36.5 Å². The van der Waals surface area contributed by atoms with Crippen LogP contribution in [-0.2, 0) is 6.54 Å². The van der Waals surface area contributed by atoms with E-state index >= 15 is 0 Å². The number of hydrogen-bond acceptors (Lipinski definition) is 8. The summed E-state index contributed by atoms with van der Waals surface area (Å²) in [7, 11) is 1.65. The number of pyridine rings is 2. The average Bonchev–Trinajstić information content (AvgIpc) is 3.50. The molecule has 0 spiro atoms. The molecule has 0 bridgehead atoms. The summed E-state index contributed by atoms with van der Waals surface area (Å²) in [4.78, 5) is 9.03. The molecule has 174 valence electrons. The van der Waals surface area contributed by atoms with E-state index in [-0.39, 0.29) is 6.04 Å². The van der Waals surface area contributed by atoms with Crippen molar-refractivity contribution in [1.29, 1.82) is 5.26 Å². The SMILES string of the molecule is COc1ccc(Cn2cc(-c3cnc(-n4ncc5cc(C#N)cnc54)cc3NC(C)C)nn2)cc1. The monoisotopic (exact) mass is 465 g/mol. The predicted molar refractivity (Wildman–Crippen MR) is 131 cm³/mol. The molecule has 4 aromatic heterocycles. The molecule has 5 aromatic rings. The molecule has 0 saturated carbocycles. The van der Waals surface area contributed by atoms with Gasteiger partial charge >= 0.3 is 0 Å². The quantitative estimate of drug-likeness (QED) is 0.385. The van der Waals surface area contributed by atoms with E-state index in [0.29, 0.717) is 29.3 Å². The number of hydrogen-bond donors (Lipinski definition) is 1. The Balaban J connectivity index is 1.48. The molecule has 0 aliphatic carbocycles. The van der Waals surface area contributed by atoms with Crippen molar-refractivity contribution < 1.29 is 4.74 Å². The lowest BCUT2D eigenvalue weighted by molar-refractivity contribution is 0.414. The molecule has 1 aromatic carbocycles. The van der Waals surface area contributed by atoms with E-state index in [0.717, 1.165) is 28.0 Å². The smallest absolute Gasteiger partial charge is 0.164 e. The molecule has 10 nitrogen and oxygen atoms in total. The fraction of sp³-hybridized carbons (Fsp3) is 0.200. The summed E-state index contributed by atoms with van der Waals surface area (Å²) in [5.41, 5.74) is 4.61. The summed E-state index contributed by atoms with van der Waals surface area (Å²) in [5, 5.41) is 26.5. The second kappa shape index (κ2) is 9.23. The van der Waals surface area contributed by atoms with E-state index < -0.39 is 0 Å². The van der Waals surface area contributed by atoms with Crippen LogP contribution < -0.4 is 10.1 Å². The van der Waals surface area contributed by atoms with Gasteiger partial charge in [0.05, 0.1) is 31.6 Å². The number of fused-ring (bicyclic) bond motifs is 1. The van der Waals surface area contributed by atoms with E-state index in [4.69, 9.17) is 10.00 Å². The molecule has 0 aliphatic heterocycles. The van der Waals surface area contributed by atoms with E-state index in [1.165, 1.54) is 6.20 Å². The first-order chi connectivity index (χ1) is 17.0. The van der Waals surface area contributed by atoms with Crippen LogP contribution in [0.25, 0.3) is 28.1 Å². The minimum Gasteiger partial charge on any atom is -0.497 e. The van der Waals surface area contributed by atoms with E-state index in [1.54, 1.807) is 34.9 Å². The van der Waals surface area contributed by atoms with Gasteiger partial charge in [-0.3, -0.25) is 0 Å². The number of methoxy groups -OCH3 is 1. The van der Waals surface area contributed by atoms with Crippen molar-refractivity contribution >= 4 is 16.7 Å². The average molecular weight is 466 g/mol. The highest BCUT2D eigenvalue weighted by Crippen LogP contribution is 2.29. The van der Waals surface area contributed by atoms with E-state index in [2.05, 4.69) is 50.6 Å². The molecule has 35 heavy (non-hydrogen) atoms. The van der Waals surface area contributed by atoms with Crippen LogP contribution in [0.4, 0.5) is 5.69 Å². The maximum absolute atomic E-state index is 9.13. The Morgan fingerprint density at radius 2 is 1.91 bits per heavy atom. The summed E-state index contributed by atoms with van der Waals surface area (Å²) in [5.74, 6) is 1.42. The lowest BCUT2D eigenvalue weighted by Crippen LogP contribution is -2.12. The third kappa shape index (κ3) is 4.52. The summed E-state index contributed by atoms with van der Waals surface area (Å²) in [6.45, 7) is 4.72. The number of nitrogens with one attached hydrogen (secondary N) is 1. The van der Waals surface area contributed by atoms with Gasteiger partial charge in [0.1, 0.15) is 17.5 Å². The van der Waals surface area contributed by atoms with Crippen LogP contribution in [0.3, 0.4) is 0 Å². The first-order valence-electron chi connectivity index (χ1n) is 11.1. The summed E-state index contributed by atoms with van der Waals surface area (Å²) < 4.78 is 8.68. The third-order valence-electron chi connectivity index (χ3n) is 5.41. The van der Waals surface area contributed by atoms with Gasteiger partial charge in [0.15, 0.2) is 11.5 Å². The normalized spacial score (nSPS) is 11.1. The number of nitriles is 1. The van der Waals surface area contributed by atoms with Gasteiger partial charge in [-0.1, -0.05) is 17.3 Å². The van der Waals surface area contributed by atoms with Crippen LogP contribution in [0.1, 0.15) is 25.0 Å². The molecule has 0 aliphatic rings. The largest absolute Gasteiger partial charge is 0.497 e. The zero-order valence-electron chi connectivity index (χ0n) is 19.5. The molecular weight excluding hydrogens is 442 g/mol. The Hall–Kier alpha value is -4.78. The Labute approximate surface area is 201 Å². The molecule has 0 radical (unpaired) electrons. The summed E-state index contributed by atoms with van der Waals surface area (Å²) in [6.07, 6.45) is 6.88. The molecule has 0 saturated heterocycles. The van der Waals surface area contributed by atoms with Gasteiger partial charge in [0, 0.05) is 41.1 Å². The van der Waals surface area contributed by atoms with Crippen molar-refractivity contribution in [3.63, 3.8) is 0 Å². The maximum atomic E-state index is 9.13. The van der Waals surface area contributed by atoms with Gasteiger partial charge < -0.3 is 10.1 Å². The Morgan fingerprint density at radius 3 is 2.66 bits per heavy atom. The molecule has 0 amide bonds. The second-order valence-electron chi connectivity index (χ2n) is 8.34. The van der Waals surface area contributed by atoms with Gasteiger partial charge in [-0.2, -0.15) is 15.0 Å². The van der Waals surface area contributed by atoms with Crippen molar-refractivity contribution in [1.82, 2.24) is 34.7 Å². The molecular formula is C25H23N9O. The molecule has 5 rings (SSSR count). The standard InChI is InChI=1S/C25H23N9O/c1-16(2)30-22-9-24(34-25-19(12-29-34)8-18(10-26)11-28-25)27-13-21(22)23-15-33(32-31-23)14-17-4-6-20(35-3)7-5-17/h4-9,11-13,15-16H,14H2,1-3H3,(H,27,30). The van der Waals surface area contributed by atoms with Gasteiger partial charge in [-0.15, -0.1) is 5.10 Å². The van der Waals surface area contributed by atoms with Crippen molar-refractivity contribution in [2.24, 2.45) is 0 Å². The predicted octanol–water partition coefficient (Wildman–Crippen LogP) is 3.82. The zero-order chi connectivity index (χ0) is 24.4. The van der Waals surface area contributed by atoms with Crippen LogP contribution in [-0.4, -0.2) is 47.9 Å². The summed E-state index contributed by atoms with van der Waals surface area (Å²) in [6, 6.07) is 13.8. The zero-order valence-corrected chi connectivity index (χ0v) is 19.5. The van der Waals surface area contributed by atoms with Crippen molar-refractivity contribution in [3.05, 3.63) is 72.3 Å². The molecule has 4 heterocycles. The first-order valence-corrected chi connectivity index (χ1v) is 11.1. The Morgan fingerprint density at radius 1 is 1.09 bits per heavy atom. The Bertz CT molecular complexity index is 1530. The van der Waals surface area contributed by atoms with Crippen LogP contribution in [0, 0.1) is 11.3 Å². The number of anilines is 1. The number of nitrogens with zero attached hydrogens (tertiary/aromatic N) is 8. The van der Waals surface area contributed by atoms with Crippen LogP contribution in [0.2, 0.25) is 0 Å². The van der Waals surface area contributed by atoms with Gasteiger partial charge in [-0.25, -0.2) is 14.6 Å². The number of rotatable bonds is 7. The van der Waals surface area contributed by atoms with Gasteiger partial charge in [0.2, 0.25) is 0 Å². The van der Waals surface area contributed by atoms with Crippen molar-refractivity contribution in [3.8, 4) is 28.9 Å². The van der Waals surface area contributed by atoms with Crippen LogP contribution in [0.5, 0.6) is 5.75 Å². The highest BCUT2D eigenvalue weighted by atomic mass is 16.5. The summed E-state index contributed by atoms with van der Waals surface area (Å²) >= 11 is 0. The van der Waals surface area contributed by atoms with Gasteiger partial charge in [-0.05, 0) is 37.6 Å². The van der Waals surface area contributed by atoms with Crippen LogP contribution >= 0.6 is 0 Å². The maximum Gasteiger partial charge on any atom is 0.164 e. The number of aromatic nitrogens is 7. The first kappa shape index (κ1) is 22.0. The molecule has 0 atom stereocenters. The lowest BCUT2D eigenvalue weighted by Gasteiger charge is -2.14. The minimum atomic E-state index is 0.184. The highest BCUT2D eigenvalue weighted by Gasteiger charge is 2.15. The minimum absolute atomic E-state index is 0.184. The molecule has 0 unspecified atom stereocenters. The van der Waals surface area contributed by atoms with Crippen molar-refractivity contribution in [2.45, 2.75) is 26.4 Å². The van der Waals surface area contributed by atoms with E-state index in [9.17, 15) is 0 Å². The molecule has 0 fully saturated rings. The van der Waals surface area contributed by atoms with Crippen LogP contribution in [0.15, 0.2) is 61.2 Å². The number of benzene rings is 1. The van der Waals surface area contributed by atoms with Gasteiger partial charge in [0.25, 0.3) is 0 Å². The topological polar surface area (TPSA) is 119 Å². The number of ether oxygens (including phenoxy) is 1. The second-order valence-corrected chi connectivity index (χ2v) is 8.34. The fourth-order valence-electron chi connectivity index (χ4n) is 3.76.